The van der Waals surface area contributed by atoms with Crippen molar-refractivity contribution in [1.29, 1.82) is 0 Å². The van der Waals surface area contributed by atoms with Crippen molar-refractivity contribution in [2.45, 2.75) is 32.6 Å². The average molecular weight is 426 g/mol. The molecule has 30 heavy (non-hydrogen) atoms. The quantitative estimate of drug-likeness (QED) is 0.494. The van der Waals surface area contributed by atoms with E-state index in [-0.39, 0.29) is 28.3 Å². The van der Waals surface area contributed by atoms with Crippen LogP contribution in [0.3, 0.4) is 0 Å². The van der Waals surface area contributed by atoms with Crippen LogP contribution in [0.2, 0.25) is 0 Å². The van der Waals surface area contributed by atoms with Crippen molar-refractivity contribution in [3.63, 3.8) is 0 Å². The highest BCUT2D eigenvalue weighted by atomic mass is 19.1. The van der Waals surface area contributed by atoms with Gasteiger partial charge in [0.25, 0.3) is 0 Å². The smallest absolute Gasteiger partial charge is 0.236 e. The second-order valence-corrected chi connectivity index (χ2v) is 6.12. The predicted molar refractivity (Wildman–Crippen MR) is 104 cm³/mol. The van der Waals surface area contributed by atoms with E-state index in [0.717, 1.165) is 28.8 Å². The van der Waals surface area contributed by atoms with Gasteiger partial charge in [-0.25, -0.2) is 13.8 Å². The molecule has 0 spiro atoms. The second kappa shape index (κ2) is 7.75. The first-order chi connectivity index (χ1) is 17.5. The van der Waals surface area contributed by atoms with Crippen LogP contribution in [-0.4, -0.2) is 40.1 Å². The molecule has 0 saturated carbocycles. The van der Waals surface area contributed by atoms with Crippen molar-refractivity contribution >= 4 is 5.65 Å². The van der Waals surface area contributed by atoms with Crippen LogP contribution in [0.4, 0.5) is 8.78 Å². The zero-order chi connectivity index (χ0) is 28.3. The number of hydrogen-bond acceptors (Lipinski definition) is 6. The van der Waals surface area contributed by atoms with Crippen LogP contribution in [0.25, 0.3) is 17.0 Å². The Bertz CT molecular complexity index is 1460. The van der Waals surface area contributed by atoms with E-state index < -0.39 is 55.7 Å². The van der Waals surface area contributed by atoms with E-state index in [1.165, 1.54) is 18.1 Å². The maximum atomic E-state index is 14.5. The normalized spacial score (nSPS) is 17.2. The summed E-state index contributed by atoms with van der Waals surface area (Å²) in [4.78, 5) is 3.95. The number of halogens is 2. The molecule has 3 heterocycles. The van der Waals surface area contributed by atoms with Gasteiger partial charge in [0.1, 0.15) is 24.6 Å². The van der Waals surface area contributed by atoms with Crippen LogP contribution in [0.1, 0.15) is 44.3 Å². The monoisotopic (exact) mass is 426 g/mol. The van der Waals surface area contributed by atoms with E-state index in [9.17, 15) is 8.78 Å². The molecule has 2 N–H and O–H groups in total. The van der Waals surface area contributed by atoms with Crippen molar-refractivity contribution in [3.8, 4) is 17.3 Å². The summed E-state index contributed by atoms with van der Waals surface area (Å²) in [5.74, 6) is -2.58. The molecule has 0 saturated heterocycles. The third-order valence-corrected chi connectivity index (χ3v) is 4.08. The van der Waals surface area contributed by atoms with Gasteiger partial charge in [-0.2, -0.15) is 9.61 Å². The first-order valence-electron chi connectivity index (χ1n) is 12.7. The standard InChI is InChI=1S/C19H19F2N7O.H2O/c1-19(2,3)13-8-15-24-25-17(12-7-11(20)5-6-14(12)21)28(15)26-18(13)29-9-16-22-10-23-27(16)4;/h5-8,10H,9H2,1-4H3;1H2/i1D3,2D3,3D3;. The van der Waals surface area contributed by atoms with Crippen LogP contribution in [0.5, 0.6) is 5.88 Å². The number of nitrogens with zero attached hydrogens (tertiary/aromatic N) is 7. The molecule has 4 aromatic rings. The van der Waals surface area contributed by atoms with Crippen molar-refractivity contribution in [2.24, 2.45) is 7.05 Å². The van der Waals surface area contributed by atoms with E-state index >= 15 is 0 Å². The van der Waals surface area contributed by atoms with Crippen LogP contribution in [0, 0.1) is 11.6 Å². The van der Waals surface area contributed by atoms with Crippen molar-refractivity contribution < 1.29 is 31.3 Å². The maximum Gasteiger partial charge on any atom is 0.236 e. The van der Waals surface area contributed by atoms with Crippen LogP contribution < -0.4 is 4.74 Å². The average Bonchev–Trinajstić information content (AvgIpc) is 3.36. The van der Waals surface area contributed by atoms with Gasteiger partial charge in [0.2, 0.25) is 5.88 Å². The fourth-order valence-corrected chi connectivity index (χ4v) is 2.61. The van der Waals surface area contributed by atoms with Crippen molar-refractivity contribution in [2.75, 3.05) is 0 Å². The molecule has 0 unspecified atom stereocenters. The first-order valence-corrected chi connectivity index (χ1v) is 8.17. The molecule has 0 aliphatic rings. The molecule has 0 radical (unpaired) electrons. The minimum absolute atomic E-state index is 0. The van der Waals surface area contributed by atoms with E-state index in [1.54, 1.807) is 0 Å². The Hall–Kier alpha value is -3.47. The summed E-state index contributed by atoms with van der Waals surface area (Å²) in [6.07, 6.45) is 1.19. The van der Waals surface area contributed by atoms with Gasteiger partial charge in [0.05, 0.1) is 5.56 Å². The third kappa shape index (κ3) is 3.83. The third-order valence-electron chi connectivity index (χ3n) is 4.08. The van der Waals surface area contributed by atoms with Gasteiger partial charge in [-0.05, 0) is 29.7 Å². The zero-order valence-corrected chi connectivity index (χ0v) is 15.4. The number of aryl methyl sites for hydroxylation is 1. The maximum absolute atomic E-state index is 14.5. The van der Waals surface area contributed by atoms with Gasteiger partial charge in [-0.3, -0.25) is 4.68 Å². The Kier molecular flexibility index (Phi) is 3.17. The molecule has 9 nitrogen and oxygen atoms in total. The lowest BCUT2D eigenvalue weighted by atomic mass is 9.88. The summed E-state index contributed by atoms with van der Waals surface area (Å²) < 4.78 is 109. The summed E-state index contributed by atoms with van der Waals surface area (Å²) in [6, 6.07) is 3.38. The van der Waals surface area contributed by atoms with Crippen molar-refractivity contribution in [3.05, 3.63) is 53.6 Å². The number of rotatable bonds is 4. The topological polar surface area (TPSA) is 115 Å². The lowest BCUT2D eigenvalue weighted by Crippen LogP contribution is -2.17. The molecule has 0 aliphatic carbocycles. The minimum Gasteiger partial charge on any atom is -0.468 e. The minimum atomic E-state index is -3.63. The van der Waals surface area contributed by atoms with Crippen LogP contribution >= 0.6 is 0 Å². The predicted octanol–water partition coefficient (Wildman–Crippen LogP) is 2.25. The zero-order valence-electron chi connectivity index (χ0n) is 24.4. The van der Waals surface area contributed by atoms with Crippen LogP contribution in [-0.2, 0) is 19.1 Å². The van der Waals surface area contributed by atoms with Crippen LogP contribution in [0.15, 0.2) is 30.6 Å². The van der Waals surface area contributed by atoms with E-state index in [4.69, 9.17) is 17.1 Å². The molecular weight excluding hydrogens is 396 g/mol. The number of hydrogen-bond donors (Lipinski definition) is 0. The summed E-state index contributed by atoms with van der Waals surface area (Å²) in [6.45, 7) is -11.3. The molecule has 0 bridgehead atoms. The highest BCUT2D eigenvalue weighted by molar-refractivity contribution is 5.60. The highest BCUT2D eigenvalue weighted by Gasteiger charge is 2.24. The molecule has 0 aliphatic heterocycles. The van der Waals surface area contributed by atoms with Gasteiger partial charge in [-0.15, -0.1) is 15.3 Å². The largest absolute Gasteiger partial charge is 0.468 e. The fraction of sp³-hybridized carbons (Fsp3) is 0.316. The van der Waals surface area contributed by atoms with Gasteiger partial charge in [0.15, 0.2) is 17.3 Å². The van der Waals surface area contributed by atoms with Crippen molar-refractivity contribution in [1.82, 2.24) is 34.6 Å². The summed E-state index contributed by atoms with van der Waals surface area (Å²) >= 11 is 0. The fourth-order valence-electron chi connectivity index (χ4n) is 2.61. The molecule has 4 rings (SSSR count). The first kappa shape index (κ1) is 12.3. The van der Waals surface area contributed by atoms with E-state index in [1.807, 2.05) is 0 Å². The van der Waals surface area contributed by atoms with Gasteiger partial charge >= 0.3 is 0 Å². The van der Waals surface area contributed by atoms with Gasteiger partial charge in [-0.1, -0.05) is 20.6 Å². The number of ether oxygens (including phenoxy) is 1. The summed E-state index contributed by atoms with van der Waals surface area (Å²) in [5.41, 5.74) is -5.03. The summed E-state index contributed by atoms with van der Waals surface area (Å²) in [7, 11) is 1.52. The lowest BCUT2D eigenvalue weighted by molar-refractivity contribution is 0.266. The highest BCUT2D eigenvalue weighted by Crippen LogP contribution is 2.32. The molecule has 11 heteroatoms. The molecular formula is C19H21F2N7O2. The molecule has 0 amide bonds. The van der Waals surface area contributed by atoms with E-state index in [2.05, 4.69) is 25.4 Å². The molecule has 1 aromatic carbocycles. The Morgan fingerprint density at radius 3 is 2.67 bits per heavy atom. The van der Waals surface area contributed by atoms with E-state index in [0.29, 0.717) is 0 Å². The second-order valence-electron chi connectivity index (χ2n) is 6.12. The Balaban J connectivity index is 0.00000420. The van der Waals surface area contributed by atoms with Gasteiger partial charge in [0, 0.05) is 24.9 Å². The van der Waals surface area contributed by atoms with Gasteiger partial charge < -0.3 is 10.2 Å². The molecule has 0 fully saturated rings. The SMILES string of the molecule is O.[2H]C([2H])([2H])C(c1cc2nnc(-c3cc(F)ccc3F)n2nc1OCc1ncnn1C)(C([2H])([2H])[2H])C([2H])([2H])[2H]. The lowest BCUT2D eigenvalue weighted by Gasteiger charge is -2.21. The Labute approximate surface area is 183 Å². The summed E-state index contributed by atoms with van der Waals surface area (Å²) in [5, 5.41) is 15.5. The number of fused-ring (bicyclic) bond motifs is 1. The molecule has 0 atom stereocenters. The number of benzene rings is 1. The number of aromatic nitrogens is 7. The Morgan fingerprint density at radius 1 is 1.17 bits per heavy atom. The molecule has 3 aromatic heterocycles. The molecule has 158 valence electrons. The Morgan fingerprint density at radius 2 is 1.97 bits per heavy atom.